The number of ether oxygens (including phenoxy) is 1. The number of amides is 2. The topological polar surface area (TPSA) is 71.5 Å². The van der Waals surface area contributed by atoms with E-state index in [1.54, 1.807) is 23.1 Å². The number of nitrogens with zero attached hydrogens (tertiary/aromatic N) is 2. The van der Waals surface area contributed by atoms with Crippen LogP contribution < -0.4 is 10.1 Å². The number of likely N-dealkylation sites (tertiary alicyclic amines) is 1. The van der Waals surface area contributed by atoms with Crippen LogP contribution in [-0.4, -0.2) is 46.9 Å². The van der Waals surface area contributed by atoms with Crippen molar-refractivity contribution >= 4 is 11.8 Å². The predicted octanol–water partition coefficient (Wildman–Crippen LogP) is 1.22. The molecule has 1 aliphatic heterocycles. The summed E-state index contributed by atoms with van der Waals surface area (Å²) in [6.07, 6.45) is 2.01. The van der Waals surface area contributed by atoms with Crippen molar-refractivity contribution in [1.82, 2.24) is 15.2 Å². The Labute approximate surface area is 129 Å². The van der Waals surface area contributed by atoms with Crippen molar-refractivity contribution in [2.75, 3.05) is 13.1 Å². The molecule has 2 fully saturated rings. The van der Waals surface area contributed by atoms with Crippen molar-refractivity contribution < 1.29 is 14.3 Å². The van der Waals surface area contributed by atoms with Gasteiger partial charge in [0.1, 0.15) is 5.69 Å². The zero-order valence-corrected chi connectivity index (χ0v) is 12.9. The molecule has 1 saturated carbocycles. The van der Waals surface area contributed by atoms with Gasteiger partial charge in [0.2, 0.25) is 11.8 Å². The molecule has 22 heavy (non-hydrogen) atoms. The third-order valence-electron chi connectivity index (χ3n) is 3.76. The van der Waals surface area contributed by atoms with Crippen LogP contribution in [0.25, 0.3) is 0 Å². The molecule has 1 aliphatic carbocycles. The molecular weight excluding hydrogens is 282 g/mol. The molecule has 6 nitrogen and oxygen atoms in total. The lowest BCUT2D eigenvalue weighted by Crippen LogP contribution is -2.61. The lowest BCUT2D eigenvalue weighted by atomic mass is 10.1. The Balaban J connectivity index is 1.53. The molecule has 0 aromatic carbocycles. The van der Waals surface area contributed by atoms with Crippen LogP contribution in [0, 0.1) is 5.92 Å². The third-order valence-corrected chi connectivity index (χ3v) is 3.76. The van der Waals surface area contributed by atoms with E-state index in [2.05, 4.69) is 10.3 Å². The van der Waals surface area contributed by atoms with Crippen LogP contribution in [0.15, 0.2) is 18.2 Å². The fourth-order valence-corrected chi connectivity index (χ4v) is 2.40. The van der Waals surface area contributed by atoms with Gasteiger partial charge in [-0.05, 0) is 32.8 Å². The van der Waals surface area contributed by atoms with Crippen LogP contribution in [-0.2, 0) is 4.79 Å². The first kappa shape index (κ1) is 14.8. The molecule has 1 aromatic heterocycles. The Morgan fingerprint density at radius 1 is 1.32 bits per heavy atom. The second-order valence-corrected chi connectivity index (χ2v) is 6.22. The number of carbonyl (C=O) groups excluding carboxylic acids is 2. The maximum Gasteiger partial charge on any atom is 0.272 e. The lowest BCUT2D eigenvalue weighted by Gasteiger charge is -2.39. The highest BCUT2D eigenvalue weighted by Gasteiger charge is 2.36. The second-order valence-electron chi connectivity index (χ2n) is 6.22. The van der Waals surface area contributed by atoms with Crippen LogP contribution in [0.2, 0.25) is 0 Å². The minimum Gasteiger partial charge on any atom is -0.475 e. The third kappa shape index (κ3) is 3.37. The van der Waals surface area contributed by atoms with Gasteiger partial charge in [0.05, 0.1) is 12.1 Å². The molecule has 0 radical (unpaired) electrons. The molecule has 1 saturated heterocycles. The Morgan fingerprint density at radius 2 is 2.05 bits per heavy atom. The number of rotatable bonds is 5. The summed E-state index contributed by atoms with van der Waals surface area (Å²) in [7, 11) is 0. The Kier molecular flexibility index (Phi) is 4.00. The van der Waals surface area contributed by atoms with Crippen LogP contribution in [0.1, 0.15) is 37.2 Å². The van der Waals surface area contributed by atoms with Gasteiger partial charge >= 0.3 is 0 Å². The smallest absolute Gasteiger partial charge is 0.272 e. The van der Waals surface area contributed by atoms with E-state index in [0.29, 0.717) is 24.7 Å². The molecule has 2 aliphatic rings. The Morgan fingerprint density at radius 3 is 2.68 bits per heavy atom. The summed E-state index contributed by atoms with van der Waals surface area (Å²) in [5.41, 5.74) is 0.380. The normalized spacial score (nSPS) is 18.0. The quantitative estimate of drug-likeness (QED) is 0.888. The molecule has 3 rings (SSSR count). The first-order valence-electron chi connectivity index (χ1n) is 7.76. The number of hydrogen-bond donors (Lipinski definition) is 1. The number of carbonyl (C=O) groups is 2. The van der Waals surface area contributed by atoms with E-state index < -0.39 is 0 Å². The molecule has 2 heterocycles. The molecule has 1 N–H and O–H groups in total. The maximum atomic E-state index is 12.3. The van der Waals surface area contributed by atoms with Gasteiger partial charge in [0.15, 0.2) is 0 Å². The SMILES string of the molecule is CC(C)Oc1cccc(C(=O)N2CC(NC(=O)C3CC3)C2)n1. The average molecular weight is 303 g/mol. The van der Waals surface area contributed by atoms with Crippen molar-refractivity contribution in [2.45, 2.75) is 38.8 Å². The zero-order chi connectivity index (χ0) is 15.7. The minimum atomic E-state index is -0.119. The summed E-state index contributed by atoms with van der Waals surface area (Å²) in [5.74, 6) is 0.671. The van der Waals surface area contributed by atoms with Gasteiger partial charge in [-0.3, -0.25) is 9.59 Å². The summed E-state index contributed by atoms with van der Waals surface area (Å²) in [6.45, 7) is 4.93. The molecule has 118 valence electrons. The van der Waals surface area contributed by atoms with Crippen LogP contribution in [0.3, 0.4) is 0 Å². The standard InChI is InChI=1S/C16H21N3O3/c1-10(2)22-14-5-3-4-13(18-14)16(21)19-8-12(9-19)17-15(20)11-6-7-11/h3-5,10-12H,6-9H2,1-2H3,(H,17,20). The molecule has 0 bridgehead atoms. The van der Waals surface area contributed by atoms with Gasteiger partial charge in [-0.15, -0.1) is 0 Å². The van der Waals surface area contributed by atoms with E-state index >= 15 is 0 Å². The van der Waals surface area contributed by atoms with Crippen LogP contribution in [0.4, 0.5) is 0 Å². The summed E-state index contributed by atoms with van der Waals surface area (Å²) >= 11 is 0. The van der Waals surface area contributed by atoms with Gasteiger partial charge in [0, 0.05) is 25.1 Å². The summed E-state index contributed by atoms with van der Waals surface area (Å²) in [6, 6.07) is 5.27. The van der Waals surface area contributed by atoms with E-state index in [9.17, 15) is 9.59 Å². The fraction of sp³-hybridized carbons (Fsp3) is 0.562. The van der Waals surface area contributed by atoms with Crippen molar-refractivity contribution in [1.29, 1.82) is 0 Å². The molecule has 2 amide bonds. The van der Waals surface area contributed by atoms with E-state index in [1.165, 1.54) is 0 Å². The van der Waals surface area contributed by atoms with E-state index in [-0.39, 0.29) is 29.9 Å². The highest BCUT2D eigenvalue weighted by Crippen LogP contribution is 2.29. The number of hydrogen-bond acceptors (Lipinski definition) is 4. The zero-order valence-electron chi connectivity index (χ0n) is 12.9. The van der Waals surface area contributed by atoms with E-state index in [1.807, 2.05) is 13.8 Å². The van der Waals surface area contributed by atoms with Gasteiger partial charge in [-0.1, -0.05) is 6.07 Å². The average Bonchev–Trinajstić information content (AvgIpc) is 3.25. The van der Waals surface area contributed by atoms with Gasteiger partial charge in [-0.25, -0.2) is 4.98 Å². The second kappa shape index (κ2) is 5.94. The first-order valence-corrected chi connectivity index (χ1v) is 7.76. The van der Waals surface area contributed by atoms with Gasteiger partial charge in [0.25, 0.3) is 5.91 Å². The highest BCUT2D eigenvalue weighted by molar-refractivity contribution is 5.93. The van der Waals surface area contributed by atoms with Crippen molar-refractivity contribution in [2.24, 2.45) is 5.92 Å². The largest absolute Gasteiger partial charge is 0.475 e. The summed E-state index contributed by atoms with van der Waals surface area (Å²) in [4.78, 5) is 29.9. The van der Waals surface area contributed by atoms with E-state index in [0.717, 1.165) is 12.8 Å². The van der Waals surface area contributed by atoms with Crippen molar-refractivity contribution in [3.05, 3.63) is 23.9 Å². The molecule has 0 spiro atoms. The van der Waals surface area contributed by atoms with Crippen LogP contribution in [0.5, 0.6) is 5.88 Å². The van der Waals surface area contributed by atoms with Crippen molar-refractivity contribution in [3.8, 4) is 5.88 Å². The molecule has 1 aromatic rings. The van der Waals surface area contributed by atoms with E-state index in [4.69, 9.17) is 4.74 Å². The minimum absolute atomic E-state index is 0.0175. The molecular formula is C16H21N3O3. The maximum absolute atomic E-state index is 12.3. The number of aromatic nitrogens is 1. The summed E-state index contributed by atoms with van der Waals surface area (Å²) in [5, 5.41) is 2.97. The molecule has 6 heteroatoms. The molecule has 0 atom stereocenters. The summed E-state index contributed by atoms with van der Waals surface area (Å²) < 4.78 is 5.50. The molecule has 0 unspecified atom stereocenters. The monoisotopic (exact) mass is 303 g/mol. The highest BCUT2D eigenvalue weighted by atomic mass is 16.5. The first-order chi connectivity index (χ1) is 10.5. The van der Waals surface area contributed by atoms with Gasteiger partial charge < -0.3 is 15.0 Å². The lowest BCUT2D eigenvalue weighted by molar-refractivity contribution is -0.123. The predicted molar refractivity (Wildman–Crippen MR) is 80.6 cm³/mol. The Bertz CT molecular complexity index is 578. The number of pyridine rings is 1. The fourth-order valence-electron chi connectivity index (χ4n) is 2.40. The number of nitrogens with one attached hydrogen (secondary N) is 1. The van der Waals surface area contributed by atoms with Crippen molar-refractivity contribution in [3.63, 3.8) is 0 Å². The van der Waals surface area contributed by atoms with Gasteiger partial charge in [-0.2, -0.15) is 0 Å². The Hall–Kier alpha value is -2.11. The van der Waals surface area contributed by atoms with Crippen LogP contribution >= 0.6 is 0 Å².